The molecule has 0 atom stereocenters. The van der Waals surface area contributed by atoms with Gasteiger partial charge < -0.3 is 0 Å². The molecule has 0 aromatic heterocycles. The standard InChI is InChI=1S/C5H7F3O/c1-4(2)3-9-5(6,7)8/h1,3H2,2H3. The first-order valence-electron chi connectivity index (χ1n) is 2.27. The van der Waals surface area contributed by atoms with Gasteiger partial charge >= 0.3 is 6.36 Å². The number of hydrogen-bond donors (Lipinski definition) is 0. The molecule has 0 rings (SSSR count). The lowest BCUT2D eigenvalue weighted by molar-refractivity contribution is -0.320. The van der Waals surface area contributed by atoms with E-state index < -0.39 is 13.0 Å². The topological polar surface area (TPSA) is 9.23 Å². The van der Waals surface area contributed by atoms with Crippen molar-refractivity contribution in [2.75, 3.05) is 6.61 Å². The van der Waals surface area contributed by atoms with E-state index in [0.717, 1.165) is 0 Å². The molecule has 0 fully saturated rings. The van der Waals surface area contributed by atoms with Gasteiger partial charge in [0.1, 0.15) is 0 Å². The Bertz CT molecular complexity index is 105. The van der Waals surface area contributed by atoms with Crippen molar-refractivity contribution in [3.05, 3.63) is 12.2 Å². The van der Waals surface area contributed by atoms with E-state index >= 15 is 0 Å². The van der Waals surface area contributed by atoms with Crippen molar-refractivity contribution in [2.24, 2.45) is 0 Å². The molecule has 0 amide bonds. The van der Waals surface area contributed by atoms with Crippen molar-refractivity contribution in [3.63, 3.8) is 0 Å². The summed E-state index contributed by atoms with van der Waals surface area (Å²) in [6.45, 7) is 4.24. The van der Waals surface area contributed by atoms with E-state index in [0.29, 0.717) is 5.57 Å². The number of hydrogen-bond acceptors (Lipinski definition) is 1. The van der Waals surface area contributed by atoms with Crippen LogP contribution in [-0.2, 0) is 4.74 Å². The maximum absolute atomic E-state index is 11.2. The first-order valence-corrected chi connectivity index (χ1v) is 2.27. The molecule has 0 radical (unpaired) electrons. The third-order valence-corrected chi connectivity index (χ3v) is 0.482. The molecule has 0 aromatic rings. The molecule has 0 aliphatic rings. The molecule has 9 heavy (non-hydrogen) atoms. The Labute approximate surface area is 51.1 Å². The van der Waals surface area contributed by atoms with Gasteiger partial charge in [-0.2, -0.15) is 0 Å². The van der Waals surface area contributed by atoms with Crippen molar-refractivity contribution >= 4 is 0 Å². The minimum Gasteiger partial charge on any atom is -0.287 e. The molecule has 1 nitrogen and oxygen atoms in total. The Morgan fingerprint density at radius 2 is 2.00 bits per heavy atom. The lowest BCUT2D eigenvalue weighted by atomic mass is 10.4. The van der Waals surface area contributed by atoms with Gasteiger partial charge in [-0.25, -0.2) is 0 Å². The van der Waals surface area contributed by atoms with Crippen LogP contribution in [0, 0.1) is 0 Å². The fraction of sp³-hybridized carbons (Fsp3) is 0.600. The minimum atomic E-state index is -4.53. The zero-order valence-corrected chi connectivity index (χ0v) is 4.96. The van der Waals surface area contributed by atoms with Crippen LogP contribution in [0.3, 0.4) is 0 Å². The molecular formula is C5H7F3O. The highest BCUT2D eigenvalue weighted by molar-refractivity contribution is 4.87. The summed E-state index contributed by atoms with van der Waals surface area (Å²) in [5, 5.41) is 0. The molecule has 0 heterocycles. The molecule has 0 N–H and O–H groups in total. The van der Waals surface area contributed by atoms with Crippen LogP contribution in [0.5, 0.6) is 0 Å². The Balaban J connectivity index is 3.39. The predicted octanol–water partition coefficient (Wildman–Crippen LogP) is 2.10. The third-order valence-electron chi connectivity index (χ3n) is 0.482. The van der Waals surface area contributed by atoms with Crippen molar-refractivity contribution in [3.8, 4) is 0 Å². The average molecular weight is 140 g/mol. The van der Waals surface area contributed by atoms with Crippen LogP contribution in [0.2, 0.25) is 0 Å². The fourth-order valence-corrected chi connectivity index (χ4v) is 0.205. The van der Waals surface area contributed by atoms with E-state index in [4.69, 9.17) is 0 Å². The zero-order valence-electron chi connectivity index (χ0n) is 4.96. The molecular weight excluding hydrogens is 133 g/mol. The molecule has 54 valence electrons. The molecule has 0 saturated carbocycles. The summed E-state index contributed by atoms with van der Waals surface area (Å²) < 4.78 is 36.8. The quantitative estimate of drug-likeness (QED) is 0.533. The summed E-state index contributed by atoms with van der Waals surface area (Å²) in [5.41, 5.74) is 0.354. The van der Waals surface area contributed by atoms with E-state index in [-0.39, 0.29) is 0 Å². The van der Waals surface area contributed by atoms with Crippen molar-refractivity contribution in [1.82, 2.24) is 0 Å². The van der Waals surface area contributed by atoms with Crippen LogP contribution < -0.4 is 0 Å². The lowest BCUT2D eigenvalue weighted by Gasteiger charge is -2.05. The van der Waals surface area contributed by atoms with Gasteiger partial charge in [0.05, 0.1) is 6.61 Å². The van der Waals surface area contributed by atoms with Gasteiger partial charge in [0, 0.05) is 0 Å². The first-order chi connectivity index (χ1) is 3.92. The van der Waals surface area contributed by atoms with E-state index in [1.54, 1.807) is 0 Å². The maximum atomic E-state index is 11.2. The highest BCUT2D eigenvalue weighted by Crippen LogP contribution is 2.16. The zero-order chi connectivity index (χ0) is 7.49. The molecule has 0 aliphatic carbocycles. The number of halogens is 3. The van der Waals surface area contributed by atoms with Crippen LogP contribution in [0.15, 0.2) is 12.2 Å². The smallest absolute Gasteiger partial charge is 0.287 e. The lowest BCUT2D eigenvalue weighted by Crippen LogP contribution is -2.14. The number of ether oxygens (including phenoxy) is 1. The fourth-order valence-electron chi connectivity index (χ4n) is 0.205. The Morgan fingerprint density at radius 3 is 2.11 bits per heavy atom. The van der Waals surface area contributed by atoms with Crippen molar-refractivity contribution < 1.29 is 17.9 Å². The molecule has 0 aromatic carbocycles. The third kappa shape index (κ3) is 7.49. The monoisotopic (exact) mass is 140 g/mol. The van der Waals surface area contributed by atoms with E-state index in [2.05, 4.69) is 11.3 Å². The van der Waals surface area contributed by atoms with Gasteiger partial charge in [-0.3, -0.25) is 4.74 Å². The van der Waals surface area contributed by atoms with Crippen LogP contribution in [0.25, 0.3) is 0 Å². The highest BCUT2D eigenvalue weighted by atomic mass is 19.4. The van der Waals surface area contributed by atoms with Crippen LogP contribution in [0.1, 0.15) is 6.92 Å². The van der Waals surface area contributed by atoms with Gasteiger partial charge in [-0.1, -0.05) is 12.2 Å². The predicted molar refractivity (Wildman–Crippen MR) is 26.8 cm³/mol. The first kappa shape index (κ1) is 8.49. The maximum Gasteiger partial charge on any atom is 0.522 e. The highest BCUT2D eigenvalue weighted by Gasteiger charge is 2.28. The largest absolute Gasteiger partial charge is 0.522 e. The molecule has 0 saturated heterocycles. The second kappa shape index (κ2) is 2.87. The SMILES string of the molecule is C=C(C)COC(F)(F)F. The van der Waals surface area contributed by atoms with E-state index in [9.17, 15) is 13.2 Å². The summed E-state index contributed by atoms with van der Waals surface area (Å²) in [4.78, 5) is 0. The molecule has 4 heteroatoms. The minimum absolute atomic E-state index is 0.354. The summed E-state index contributed by atoms with van der Waals surface area (Å²) in [5.74, 6) is 0. The van der Waals surface area contributed by atoms with Gasteiger partial charge in [0.2, 0.25) is 0 Å². The van der Waals surface area contributed by atoms with Crippen LogP contribution in [-0.4, -0.2) is 13.0 Å². The van der Waals surface area contributed by atoms with E-state index in [1.165, 1.54) is 6.92 Å². The Morgan fingerprint density at radius 1 is 1.56 bits per heavy atom. The molecule has 0 aliphatic heterocycles. The summed E-state index contributed by atoms with van der Waals surface area (Å²) in [6, 6.07) is 0. The number of alkyl halides is 3. The van der Waals surface area contributed by atoms with Gasteiger partial charge in [0.15, 0.2) is 0 Å². The van der Waals surface area contributed by atoms with E-state index in [1.807, 2.05) is 0 Å². The molecule has 0 bridgehead atoms. The normalized spacial score (nSPS) is 11.6. The summed E-state index contributed by atoms with van der Waals surface area (Å²) in [6.07, 6.45) is -4.53. The number of rotatable bonds is 2. The van der Waals surface area contributed by atoms with Crippen molar-refractivity contribution in [1.29, 1.82) is 0 Å². The van der Waals surface area contributed by atoms with Crippen LogP contribution in [0.4, 0.5) is 13.2 Å². The Hall–Kier alpha value is -0.510. The average Bonchev–Trinajstić information content (AvgIpc) is 1.59. The van der Waals surface area contributed by atoms with Crippen LogP contribution >= 0.6 is 0 Å². The van der Waals surface area contributed by atoms with Gasteiger partial charge in [-0.05, 0) is 6.92 Å². The van der Waals surface area contributed by atoms with Crippen molar-refractivity contribution in [2.45, 2.75) is 13.3 Å². The Kier molecular flexibility index (Phi) is 2.70. The summed E-state index contributed by atoms with van der Waals surface area (Å²) in [7, 11) is 0. The molecule has 0 unspecified atom stereocenters. The summed E-state index contributed by atoms with van der Waals surface area (Å²) >= 11 is 0. The molecule has 0 spiro atoms. The second-order valence-corrected chi connectivity index (χ2v) is 1.69. The van der Waals surface area contributed by atoms with Gasteiger partial charge in [0.25, 0.3) is 0 Å². The van der Waals surface area contributed by atoms with Gasteiger partial charge in [-0.15, -0.1) is 13.2 Å². The second-order valence-electron chi connectivity index (χ2n) is 1.69.